The minimum absolute atomic E-state index is 0.240. The number of para-hydroxylation sites is 2. The molecule has 1 atom stereocenters. The van der Waals surface area contributed by atoms with Gasteiger partial charge in [-0.2, -0.15) is 0 Å². The second kappa shape index (κ2) is 5.76. The van der Waals surface area contributed by atoms with Crippen molar-refractivity contribution in [1.82, 2.24) is 0 Å². The van der Waals surface area contributed by atoms with E-state index in [1.807, 2.05) is 36.4 Å². The van der Waals surface area contributed by atoms with Crippen molar-refractivity contribution in [1.29, 1.82) is 0 Å². The lowest BCUT2D eigenvalue weighted by atomic mass is 10.1. The molecular weight excluding hydrogens is 289 g/mol. The maximum absolute atomic E-state index is 13.3. The van der Waals surface area contributed by atoms with Gasteiger partial charge in [0.1, 0.15) is 11.6 Å². The van der Waals surface area contributed by atoms with Crippen molar-refractivity contribution in [2.45, 2.75) is 12.8 Å². The molecule has 23 heavy (non-hydrogen) atoms. The fourth-order valence-corrected chi connectivity index (χ4v) is 2.92. The molecule has 0 bridgehead atoms. The summed E-state index contributed by atoms with van der Waals surface area (Å²) < 4.78 is 19.5. The summed E-state index contributed by atoms with van der Waals surface area (Å²) >= 11 is 0. The maximum Gasteiger partial charge on any atom is 0.199 e. The Morgan fingerprint density at radius 2 is 1.52 bits per heavy atom. The van der Waals surface area contributed by atoms with Gasteiger partial charge < -0.3 is 9.64 Å². The summed E-state index contributed by atoms with van der Waals surface area (Å²) in [4.78, 5) is 2.19. The summed E-state index contributed by atoms with van der Waals surface area (Å²) in [6.07, 6.45) is -0.270. The SMILES string of the molecule is Fc1ccc(C2Oc3ccccc3CN2c2ccccc2)cc1. The van der Waals surface area contributed by atoms with Crippen molar-refractivity contribution in [2.75, 3.05) is 4.90 Å². The second-order valence-corrected chi connectivity index (χ2v) is 5.59. The molecule has 0 aliphatic carbocycles. The Balaban J connectivity index is 1.78. The topological polar surface area (TPSA) is 12.5 Å². The molecule has 0 saturated heterocycles. The molecule has 3 aromatic carbocycles. The van der Waals surface area contributed by atoms with Crippen LogP contribution in [-0.4, -0.2) is 0 Å². The van der Waals surface area contributed by atoms with Crippen LogP contribution in [0.2, 0.25) is 0 Å². The number of hydrogen-bond donors (Lipinski definition) is 0. The predicted octanol–water partition coefficient (Wildman–Crippen LogP) is 4.92. The number of benzene rings is 3. The third-order valence-corrected chi connectivity index (χ3v) is 4.08. The van der Waals surface area contributed by atoms with Gasteiger partial charge in [0.25, 0.3) is 0 Å². The van der Waals surface area contributed by atoms with Crippen LogP contribution in [0.5, 0.6) is 5.75 Å². The standard InChI is InChI=1S/C20H16FNO/c21-17-12-10-15(11-13-17)20-22(18-7-2-1-3-8-18)14-16-6-4-5-9-19(16)23-20/h1-13,20H,14H2. The minimum atomic E-state index is -0.270. The number of rotatable bonds is 2. The largest absolute Gasteiger partial charge is 0.466 e. The molecule has 1 unspecified atom stereocenters. The second-order valence-electron chi connectivity index (χ2n) is 5.59. The zero-order valence-electron chi connectivity index (χ0n) is 12.5. The van der Waals surface area contributed by atoms with Crippen molar-refractivity contribution < 1.29 is 9.13 Å². The Labute approximate surface area is 134 Å². The van der Waals surface area contributed by atoms with Gasteiger partial charge in [0, 0.05) is 16.8 Å². The number of halogens is 1. The first-order chi connectivity index (χ1) is 11.3. The summed E-state index contributed by atoms with van der Waals surface area (Å²) in [5, 5.41) is 0. The Bertz CT molecular complexity index is 801. The lowest BCUT2D eigenvalue weighted by Crippen LogP contribution is -2.35. The number of anilines is 1. The van der Waals surface area contributed by atoms with E-state index in [9.17, 15) is 4.39 Å². The monoisotopic (exact) mass is 305 g/mol. The number of ether oxygens (including phenoxy) is 1. The molecule has 1 aliphatic rings. The van der Waals surface area contributed by atoms with Crippen LogP contribution >= 0.6 is 0 Å². The van der Waals surface area contributed by atoms with E-state index in [0.29, 0.717) is 0 Å². The lowest BCUT2D eigenvalue weighted by molar-refractivity contribution is 0.178. The Morgan fingerprint density at radius 3 is 2.30 bits per heavy atom. The van der Waals surface area contributed by atoms with Gasteiger partial charge in [-0.1, -0.05) is 48.5 Å². The van der Waals surface area contributed by atoms with Gasteiger partial charge in [0.05, 0.1) is 6.54 Å². The van der Waals surface area contributed by atoms with E-state index in [1.165, 1.54) is 12.1 Å². The molecule has 0 aromatic heterocycles. The highest BCUT2D eigenvalue weighted by Crippen LogP contribution is 2.38. The van der Waals surface area contributed by atoms with E-state index in [4.69, 9.17) is 4.74 Å². The van der Waals surface area contributed by atoms with E-state index >= 15 is 0 Å². The third-order valence-electron chi connectivity index (χ3n) is 4.08. The van der Waals surface area contributed by atoms with Gasteiger partial charge in [-0.05, 0) is 30.3 Å². The van der Waals surface area contributed by atoms with Crippen molar-refractivity contribution >= 4 is 5.69 Å². The molecule has 0 radical (unpaired) electrons. The molecular formula is C20H16FNO. The average Bonchev–Trinajstić information content (AvgIpc) is 2.62. The fourth-order valence-electron chi connectivity index (χ4n) is 2.92. The van der Waals surface area contributed by atoms with Crippen molar-refractivity contribution in [3.8, 4) is 5.75 Å². The molecule has 1 aliphatic heterocycles. The normalized spacial score (nSPS) is 16.6. The van der Waals surface area contributed by atoms with Gasteiger partial charge in [-0.15, -0.1) is 0 Å². The van der Waals surface area contributed by atoms with E-state index in [0.717, 1.165) is 29.1 Å². The van der Waals surface area contributed by atoms with Crippen LogP contribution in [0.4, 0.5) is 10.1 Å². The van der Waals surface area contributed by atoms with Crippen LogP contribution in [0.15, 0.2) is 78.9 Å². The summed E-state index contributed by atoms with van der Waals surface area (Å²) in [5.41, 5.74) is 3.16. The van der Waals surface area contributed by atoms with Crippen molar-refractivity contribution in [3.63, 3.8) is 0 Å². The fraction of sp³-hybridized carbons (Fsp3) is 0.100. The third kappa shape index (κ3) is 2.66. The van der Waals surface area contributed by atoms with Crippen LogP contribution in [0.1, 0.15) is 17.4 Å². The molecule has 1 heterocycles. The van der Waals surface area contributed by atoms with E-state index in [2.05, 4.69) is 23.1 Å². The minimum Gasteiger partial charge on any atom is -0.466 e. The van der Waals surface area contributed by atoms with Crippen LogP contribution in [0.3, 0.4) is 0 Å². The number of hydrogen-bond acceptors (Lipinski definition) is 2. The van der Waals surface area contributed by atoms with Gasteiger partial charge in [-0.25, -0.2) is 4.39 Å². The summed E-state index contributed by atoms with van der Waals surface area (Å²) in [6.45, 7) is 0.752. The van der Waals surface area contributed by atoms with Crippen molar-refractivity contribution in [2.24, 2.45) is 0 Å². The molecule has 0 amide bonds. The molecule has 3 heteroatoms. The van der Waals surface area contributed by atoms with Crippen LogP contribution in [0.25, 0.3) is 0 Å². The first-order valence-corrected chi connectivity index (χ1v) is 7.63. The molecule has 0 spiro atoms. The predicted molar refractivity (Wildman–Crippen MR) is 88.8 cm³/mol. The Kier molecular flexibility index (Phi) is 3.46. The summed E-state index contributed by atoms with van der Waals surface area (Å²) in [7, 11) is 0. The average molecular weight is 305 g/mol. The van der Waals surface area contributed by atoms with E-state index in [-0.39, 0.29) is 12.0 Å². The quantitative estimate of drug-likeness (QED) is 0.666. The molecule has 114 valence electrons. The van der Waals surface area contributed by atoms with Crippen LogP contribution < -0.4 is 9.64 Å². The molecule has 0 N–H and O–H groups in total. The Morgan fingerprint density at radius 1 is 0.826 bits per heavy atom. The summed E-state index contributed by atoms with van der Waals surface area (Å²) in [6, 6.07) is 24.7. The van der Waals surface area contributed by atoms with Crippen LogP contribution in [0, 0.1) is 5.82 Å². The first-order valence-electron chi connectivity index (χ1n) is 7.63. The molecule has 4 rings (SSSR count). The van der Waals surface area contributed by atoms with Gasteiger partial charge in [0.2, 0.25) is 0 Å². The molecule has 3 aromatic rings. The number of nitrogens with zero attached hydrogens (tertiary/aromatic N) is 1. The smallest absolute Gasteiger partial charge is 0.199 e. The zero-order chi connectivity index (χ0) is 15.6. The van der Waals surface area contributed by atoms with E-state index in [1.54, 1.807) is 12.1 Å². The van der Waals surface area contributed by atoms with Gasteiger partial charge in [0.15, 0.2) is 6.23 Å². The maximum atomic E-state index is 13.3. The summed E-state index contributed by atoms with van der Waals surface area (Å²) in [5.74, 6) is 0.644. The molecule has 0 fully saturated rings. The van der Waals surface area contributed by atoms with Crippen LogP contribution in [-0.2, 0) is 6.54 Å². The number of fused-ring (bicyclic) bond motifs is 1. The molecule has 2 nitrogen and oxygen atoms in total. The van der Waals surface area contributed by atoms with E-state index < -0.39 is 0 Å². The first kappa shape index (κ1) is 13.8. The lowest BCUT2D eigenvalue weighted by Gasteiger charge is -2.38. The highest BCUT2D eigenvalue weighted by Gasteiger charge is 2.28. The Hall–Kier alpha value is -2.81. The van der Waals surface area contributed by atoms with Gasteiger partial charge in [-0.3, -0.25) is 0 Å². The van der Waals surface area contributed by atoms with Crippen molar-refractivity contribution in [3.05, 3.63) is 95.8 Å². The highest BCUT2D eigenvalue weighted by atomic mass is 19.1. The highest BCUT2D eigenvalue weighted by molar-refractivity contribution is 5.52. The van der Waals surface area contributed by atoms with Gasteiger partial charge >= 0.3 is 0 Å². The molecule has 0 saturated carbocycles. The zero-order valence-corrected chi connectivity index (χ0v) is 12.5.